The van der Waals surface area contributed by atoms with E-state index in [9.17, 15) is 9.59 Å². The van der Waals surface area contributed by atoms with Gasteiger partial charge in [0.25, 0.3) is 5.91 Å². The second kappa shape index (κ2) is 9.43. The molecule has 3 aromatic carbocycles. The summed E-state index contributed by atoms with van der Waals surface area (Å²) in [4.78, 5) is 25.5. The Labute approximate surface area is 205 Å². The van der Waals surface area contributed by atoms with Crippen molar-refractivity contribution >= 4 is 35.4 Å². The van der Waals surface area contributed by atoms with Crippen molar-refractivity contribution in [1.82, 2.24) is 14.8 Å². The number of aromatic nitrogens is 3. The zero-order valence-electron chi connectivity index (χ0n) is 18.7. The number of carbonyl (C=O) groups excluding carboxylic acids is 2. The minimum Gasteiger partial charge on any atom is -0.454 e. The van der Waals surface area contributed by atoms with Crippen LogP contribution in [0, 0.1) is 11.7 Å². The minimum absolute atomic E-state index is 0.0215. The van der Waals surface area contributed by atoms with Crippen molar-refractivity contribution in [2.75, 3.05) is 17.4 Å². The Balaban J connectivity index is 1.27. The molecule has 0 saturated heterocycles. The molecule has 35 heavy (non-hydrogen) atoms. The molecule has 9 nitrogen and oxygen atoms in total. The molecule has 176 valence electrons. The number of anilines is 2. The first-order valence-corrected chi connectivity index (χ1v) is 11.2. The maximum Gasteiger partial charge on any atom is 0.255 e. The van der Waals surface area contributed by atoms with E-state index in [2.05, 4.69) is 20.8 Å². The lowest BCUT2D eigenvalue weighted by Crippen LogP contribution is -2.19. The number of hydrogen-bond acceptors (Lipinski definition) is 6. The van der Waals surface area contributed by atoms with Crippen LogP contribution in [0.15, 0.2) is 66.7 Å². The summed E-state index contributed by atoms with van der Waals surface area (Å²) in [6.07, 6.45) is 0. The highest BCUT2D eigenvalue weighted by atomic mass is 32.1. The highest BCUT2D eigenvalue weighted by Crippen LogP contribution is 2.32. The quantitative estimate of drug-likeness (QED) is 0.345. The standard InChI is InChI=1S/C25H21N5O4S/c1-15-5-7-16(8-6-15)23-28-29-25(35)30(23)13-22(31)26-18-3-2-4-19(12-18)27-24(32)17-9-10-20-21(11-17)34-14-33-20/h2-12H,13-14H2,1H3,(H,26,31)(H,27,32)(H,29,35). The fraction of sp³-hybridized carbons (Fsp3) is 0.120. The second-order valence-electron chi connectivity index (χ2n) is 7.96. The zero-order valence-corrected chi connectivity index (χ0v) is 19.5. The predicted octanol–water partition coefficient (Wildman–Crippen LogP) is 4.54. The summed E-state index contributed by atoms with van der Waals surface area (Å²) in [5.74, 6) is 1.13. The number of rotatable bonds is 6. The van der Waals surface area contributed by atoms with Gasteiger partial charge >= 0.3 is 0 Å². The average molecular weight is 488 g/mol. The van der Waals surface area contributed by atoms with Crippen LogP contribution in [-0.4, -0.2) is 33.4 Å². The summed E-state index contributed by atoms with van der Waals surface area (Å²) in [7, 11) is 0. The molecule has 10 heteroatoms. The van der Waals surface area contributed by atoms with E-state index >= 15 is 0 Å². The summed E-state index contributed by atoms with van der Waals surface area (Å²) in [6, 6.07) is 19.7. The number of nitrogens with one attached hydrogen (secondary N) is 3. The van der Waals surface area contributed by atoms with Gasteiger partial charge in [-0.3, -0.25) is 19.3 Å². The number of ether oxygens (including phenoxy) is 2. The van der Waals surface area contributed by atoms with Crippen molar-refractivity contribution in [3.05, 3.63) is 82.6 Å². The lowest BCUT2D eigenvalue weighted by Gasteiger charge is -2.11. The van der Waals surface area contributed by atoms with Gasteiger partial charge in [-0.05, 0) is 55.5 Å². The smallest absolute Gasteiger partial charge is 0.255 e. The Hall–Kier alpha value is -4.44. The molecular formula is C25H21N5O4S. The molecule has 5 rings (SSSR count). The van der Waals surface area contributed by atoms with E-state index in [4.69, 9.17) is 21.7 Å². The van der Waals surface area contributed by atoms with E-state index < -0.39 is 0 Å². The number of amides is 2. The number of H-pyrrole nitrogens is 1. The molecule has 2 amide bonds. The van der Waals surface area contributed by atoms with Crippen LogP contribution in [0.3, 0.4) is 0 Å². The third-order valence-corrected chi connectivity index (χ3v) is 5.72. The number of nitrogens with zero attached hydrogens (tertiary/aromatic N) is 2. The molecule has 0 unspecified atom stereocenters. The van der Waals surface area contributed by atoms with Crippen LogP contribution >= 0.6 is 12.2 Å². The molecule has 0 radical (unpaired) electrons. The number of aryl methyl sites for hydroxylation is 1. The Morgan fingerprint density at radius 3 is 2.54 bits per heavy atom. The highest BCUT2D eigenvalue weighted by Gasteiger charge is 2.17. The Morgan fingerprint density at radius 2 is 1.74 bits per heavy atom. The van der Waals surface area contributed by atoms with E-state index in [1.807, 2.05) is 31.2 Å². The van der Waals surface area contributed by atoms with E-state index in [0.29, 0.717) is 39.0 Å². The maximum absolute atomic E-state index is 12.8. The second-order valence-corrected chi connectivity index (χ2v) is 8.34. The van der Waals surface area contributed by atoms with Gasteiger partial charge < -0.3 is 20.1 Å². The van der Waals surface area contributed by atoms with E-state index in [0.717, 1.165) is 11.1 Å². The molecule has 3 N–H and O–H groups in total. The molecule has 0 spiro atoms. The van der Waals surface area contributed by atoms with Gasteiger partial charge in [0.2, 0.25) is 12.7 Å². The molecule has 1 aromatic heterocycles. The summed E-state index contributed by atoms with van der Waals surface area (Å²) in [5.41, 5.74) is 3.47. The van der Waals surface area contributed by atoms with Crippen LogP contribution in [0.2, 0.25) is 0 Å². The largest absolute Gasteiger partial charge is 0.454 e. The van der Waals surface area contributed by atoms with E-state index in [1.54, 1.807) is 47.0 Å². The van der Waals surface area contributed by atoms with Gasteiger partial charge in [0, 0.05) is 22.5 Å². The van der Waals surface area contributed by atoms with Crippen LogP contribution in [0.25, 0.3) is 11.4 Å². The van der Waals surface area contributed by atoms with Gasteiger partial charge in [0.1, 0.15) is 6.54 Å². The van der Waals surface area contributed by atoms with Crippen molar-refractivity contribution < 1.29 is 19.1 Å². The van der Waals surface area contributed by atoms with Crippen molar-refractivity contribution in [3.8, 4) is 22.9 Å². The maximum atomic E-state index is 12.8. The number of benzene rings is 3. The molecule has 0 saturated carbocycles. The first-order valence-electron chi connectivity index (χ1n) is 10.8. The Morgan fingerprint density at radius 1 is 1.00 bits per heavy atom. The first kappa shape index (κ1) is 22.4. The van der Waals surface area contributed by atoms with Crippen molar-refractivity contribution in [3.63, 3.8) is 0 Å². The fourth-order valence-corrected chi connectivity index (χ4v) is 3.84. The molecule has 1 aliphatic heterocycles. The van der Waals surface area contributed by atoms with Crippen LogP contribution in [0.5, 0.6) is 11.5 Å². The van der Waals surface area contributed by atoms with E-state index in [-0.39, 0.29) is 25.2 Å². The SMILES string of the molecule is Cc1ccc(-c2n[nH]c(=S)n2CC(=O)Nc2cccc(NC(=O)c3ccc4c(c3)OCO4)c2)cc1. The molecule has 1 aliphatic rings. The fourth-order valence-electron chi connectivity index (χ4n) is 3.65. The van der Waals surface area contributed by atoms with Gasteiger partial charge in [-0.25, -0.2) is 0 Å². The summed E-state index contributed by atoms with van der Waals surface area (Å²) >= 11 is 5.33. The van der Waals surface area contributed by atoms with Gasteiger partial charge in [-0.1, -0.05) is 35.9 Å². The molecular weight excluding hydrogens is 466 g/mol. The van der Waals surface area contributed by atoms with Gasteiger partial charge in [0.15, 0.2) is 22.1 Å². The van der Waals surface area contributed by atoms with Crippen LogP contribution in [0.1, 0.15) is 15.9 Å². The highest BCUT2D eigenvalue weighted by molar-refractivity contribution is 7.71. The van der Waals surface area contributed by atoms with Gasteiger partial charge in [0.05, 0.1) is 0 Å². The van der Waals surface area contributed by atoms with E-state index in [1.165, 1.54) is 0 Å². The molecule has 0 fully saturated rings. The lowest BCUT2D eigenvalue weighted by molar-refractivity contribution is -0.116. The van der Waals surface area contributed by atoms with Crippen LogP contribution < -0.4 is 20.1 Å². The van der Waals surface area contributed by atoms with Crippen molar-refractivity contribution in [2.45, 2.75) is 13.5 Å². The molecule has 0 aliphatic carbocycles. The number of carbonyl (C=O) groups is 2. The summed E-state index contributed by atoms with van der Waals surface area (Å²) in [5, 5.41) is 12.7. The molecule has 0 atom stereocenters. The zero-order chi connectivity index (χ0) is 24.4. The summed E-state index contributed by atoms with van der Waals surface area (Å²) < 4.78 is 12.6. The first-order chi connectivity index (χ1) is 17.0. The lowest BCUT2D eigenvalue weighted by atomic mass is 10.1. The van der Waals surface area contributed by atoms with Crippen molar-refractivity contribution in [1.29, 1.82) is 0 Å². The summed E-state index contributed by atoms with van der Waals surface area (Å²) in [6.45, 7) is 2.12. The number of aromatic amines is 1. The normalized spacial score (nSPS) is 11.8. The monoisotopic (exact) mass is 487 g/mol. The number of hydrogen-bond donors (Lipinski definition) is 3. The van der Waals surface area contributed by atoms with Crippen molar-refractivity contribution in [2.24, 2.45) is 0 Å². The number of fused-ring (bicyclic) bond motifs is 1. The topological polar surface area (TPSA) is 110 Å². The van der Waals surface area contributed by atoms with Crippen LogP contribution in [0.4, 0.5) is 11.4 Å². The molecule has 2 heterocycles. The Bertz CT molecular complexity index is 1480. The third kappa shape index (κ3) is 4.92. The van der Waals surface area contributed by atoms with Gasteiger partial charge in [-0.15, -0.1) is 0 Å². The predicted molar refractivity (Wildman–Crippen MR) is 133 cm³/mol. The van der Waals surface area contributed by atoms with Gasteiger partial charge in [-0.2, -0.15) is 5.10 Å². The molecule has 0 bridgehead atoms. The third-order valence-electron chi connectivity index (χ3n) is 5.41. The average Bonchev–Trinajstić information content (AvgIpc) is 3.46. The molecule has 4 aromatic rings. The minimum atomic E-state index is -0.306. The van der Waals surface area contributed by atoms with Crippen LogP contribution in [-0.2, 0) is 11.3 Å². The Kier molecular flexibility index (Phi) is 6.02.